The summed E-state index contributed by atoms with van der Waals surface area (Å²) in [6, 6.07) is 3.68. The number of nitrogens with one attached hydrogen (secondary N) is 1. The van der Waals surface area contributed by atoms with Gasteiger partial charge in [0.15, 0.2) is 5.82 Å². The van der Waals surface area contributed by atoms with E-state index in [1.54, 1.807) is 0 Å². The molecule has 0 saturated carbocycles. The van der Waals surface area contributed by atoms with Crippen molar-refractivity contribution in [2.24, 2.45) is 0 Å². The van der Waals surface area contributed by atoms with Gasteiger partial charge in [0.05, 0.1) is 5.69 Å². The molecular weight excluding hydrogens is 275 g/mol. The summed E-state index contributed by atoms with van der Waals surface area (Å²) in [5.74, 6) is -0.545. The Morgan fingerprint density at radius 3 is 2.84 bits per heavy atom. The highest BCUT2D eigenvalue weighted by Gasteiger charge is 2.21. The van der Waals surface area contributed by atoms with E-state index >= 15 is 0 Å². The Kier molecular flexibility index (Phi) is 3.76. The molecule has 0 radical (unpaired) electrons. The Morgan fingerprint density at radius 2 is 2.21 bits per heavy atom. The molecule has 0 aliphatic carbocycles. The summed E-state index contributed by atoms with van der Waals surface area (Å²) in [7, 11) is -4.01. The van der Waals surface area contributed by atoms with E-state index in [9.17, 15) is 12.8 Å². The van der Waals surface area contributed by atoms with Gasteiger partial charge in [-0.25, -0.2) is 17.5 Å². The van der Waals surface area contributed by atoms with E-state index in [0.717, 1.165) is 12.5 Å². The topological polar surface area (TPSA) is 111 Å². The number of nitrogens with two attached hydrogens (primary N) is 1. The standard InChI is InChI=1S/C10H11FN4O3S/c11-7-2-1-3-8(12)10(7)19(16,17)14-5-4-9-13-6-18-15-9/h1-3,6,14H,4-5,12H2. The predicted molar refractivity (Wildman–Crippen MR) is 64.0 cm³/mol. The molecule has 102 valence electrons. The summed E-state index contributed by atoms with van der Waals surface area (Å²) in [4.78, 5) is 3.18. The van der Waals surface area contributed by atoms with E-state index in [-0.39, 0.29) is 18.7 Å². The highest BCUT2D eigenvalue weighted by Crippen LogP contribution is 2.21. The van der Waals surface area contributed by atoms with Gasteiger partial charge in [0, 0.05) is 13.0 Å². The van der Waals surface area contributed by atoms with E-state index in [0.29, 0.717) is 5.82 Å². The van der Waals surface area contributed by atoms with Crippen molar-refractivity contribution in [2.45, 2.75) is 11.3 Å². The lowest BCUT2D eigenvalue weighted by Gasteiger charge is -2.09. The number of rotatable bonds is 5. The molecule has 1 heterocycles. The van der Waals surface area contributed by atoms with E-state index in [2.05, 4.69) is 19.4 Å². The monoisotopic (exact) mass is 286 g/mol. The van der Waals surface area contributed by atoms with Crippen molar-refractivity contribution in [3.8, 4) is 0 Å². The van der Waals surface area contributed by atoms with Gasteiger partial charge in [-0.15, -0.1) is 0 Å². The highest BCUT2D eigenvalue weighted by atomic mass is 32.2. The highest BCUT2D eigenvalue weighted by molar-refractivity contribution is 7.89. The Morgan fingerprint density at radius 1 is 1.42 bits per heavy atom. The number of nitrogens with zero attached hydrogens (tertiary/aromatic N) is 2. The van der Waals surface area contributed by atoms with Gasteiger partial charge in [0.25, 0.3) is 0 Å². The van der Waals surface area contributed by atoms with Crippen LogP contribution in [0, 0.1) is 5.82 Å². The van der Waals surface area contributed by atoms with Crippen molar-refractivity contribution in [1.29, 1.82) is 0 Å². The zero-order chi connectivity index (χ0) is 13.9. The van der Waals surface area contributed by atoms with Gasteiger partial charge in [-0.05, 0) is 12.1 Å². The van der Waals surface area contributed by atoms with Gasteiger partial charge >= 0.3 is 0 Å². The molecule has 0 spiro atoms. The maximum absolute atomic E-state index is 13.5. The summed E-state index contributed by atoms with van der Waals surface area (Å²) in [6.07, 6.45) is 1.36. The molecule has 0 aliphatic heterocycles. The van der Waals surface area contributed by atoms with Crippen molar-refractivity contribution >= 4 is 15.7 Å². The van der Waals surface area contributed by atoms with Gasteiger partial charge in [0.1, 0.15) is 10.7 Å². The van der Waals surface area contributed by atoms with E-state index < -0.39 is 20.7 Å². The molecule has 3 N–H and O–H groups in total. The fraction of sp³-hybridized carbons (Fsp3) is 0.200. The number of hydrogen-bond donors (Lipinski definition) is 2. The lowest BCUT2D eigenvalue weighted by molar-refractivity contribution is 0.409. The minimum absolute atomic E-state index is 0.00956. The van der Waals surface area contributed by atoms with Crippen LogP contribution in [0.2, 0.25) is 0 Å². The zero-order valence-corrected chi connectivity index (χ0v) is 10.5. The third-order valence-electron chi connectivity index (χ3n) is 2.31. The van der Waals surface area contributed by atoms with Gasteiger partial charge in [-0.3, -0.25) is 0 Å². The van der Waals surface area contributed by atoms with Crippen LogP contribution in [-0.2, 0) is 16.4 Å². The Labute approximate surface area is 108 Å². The van der Waals surface area contributed by atoms with Gasteiger partial charge in [-0.2, -0.15) is 4.98 Å². The van der Waals surface area contributed by atoms with Gasteiger partial charge in [0.2, 0.25) is 16.4 Å². The molecular formula is C10H11FN4O3S. The lowest BCUT2D eigenvalue weighted by Crippen LogP contribution is -2.27. The first-order valence-electron chi connectivity index (χ1n) is 5.29. The molecule has 0 bridgehead atoms. The molecule has 19 heavy (non-hydrogen) atoms. The predicted octanol–water partition coefficient (Wildman–Crippen LogP) is 0.312. The van der Waals surface area contributed by atoms with E-state index in [4.69, 9.17) is 5.73 Å². The number of halogens is 1. The molecule has 0 aliphatic rings. The minimum Gasteiger partial charge on any atom is -0.398 e. The molecule has 1 aromatic carbocycles. The molecule has 0 fully saturated rings. The van der Waals surface area contributed by atoms with Crippen LogP contribution in [0.25, 0.3) is 0 Å². The molecule has 2 rings (SSSR count). The van der Waals surface area contributed by atoms with Crippen LogP contribution < -0.4 is 10.5 Å². The van der Waals surface area contributed by atoms with Crippen molar-refractivity contribution in [2.75, 3.05) is 12.3 Å². The van der Waals surface area contributed by atoms with Crippen molar-refractivity contribution in [1.82, 2.24) is 14.9 Å². The largest absolute Gasteiger partial charge is 0.398 e. The molecule has 2 aromatic rings. The minimum atomic E-state index is -4.01. The van der Waals surface area contributed by atoms with E-state index in [1.165, 1.54) is 12.1 Å². The van der Waals surface area contributed by atoms with Crippen LogP contribution in [0.15, 0.2) is 34.0 Å². The molecule has 0 unspecified atom stereocenters. The smallest absolute Gasteiger partial charge is 0.245 e. The van der Waals surface area contributed by atoms with Gasteiger partial charge < -0.3 is 10.3 Å². The summed E-state index contributed by atoms with van der Waals surface area (Å²) < 4.78 is 44.0. The molecule has 7 nitrogen and oxygen atoms in total. The second-order valence-electron chi connectivity index (χ2n) is 3.65. The summed E-state index contributed by atoms with van der Waals surface area (Å²) in [5, 5.41) is 3.52. The molecule has 0 atom stereocenters. The first-order chi connectivity index (χ1) is 9.00. The Bertz CT molecular complexity index is 637. The SMILES string of the molecule is Nc1cccc(F)c1S(=O)(=O)NCCc1ncon1. The first kappa shape index (κ1) is 13.4. The third kappa shape index (κ3) is 3.06. The molecule has 1 aromatic heterocycles. The van der Waals surface area contributed by atoms with Crippen LogP contribution in [0.1, 0.15) is 5.82 Å². The number of aromatic nitrogens is 2. The van der Waals surface area contributed by atoms with E-state index in [1.807, 2.05) is 0 Å². The summed E-state index contributed by atoms with van der Waals surface area (Å²) in [6.45, 7) is 0.00956. The molecule has 9 heteroatoms. The van der Waals surface area contributed by atoms with Crippen molar-refractivity contribution in [3.63, 3.8) is 0 Å². The second kappa shape index (κ2) is 5.33. The van der Waals surface area contributed by atoms with Crippen LogP contribution in [-0.4, -0.2) is 25.1 Å². The lowest BCUT2D eigenvalue weighted by atomic mass is 10.3. The number of benzene rings is 1. The number of sulfonamides is 1. The van der Waals surface area contributed by atoms with Crippen molar-refractivity contribution in [3.05, 3.63) is 36.2 Å². The van der Waals surface area contributed by atoms with Crippen molar-refractivity contribution < 1.29 is 17.3 Å². The quantitative estimate of drug-likeness (QED) is 0.765. The first-order valence-corrected chi connectivity index (χ1v) is 6.78. The normalized spacial score (nSPS) is 11.6. The van der Waals surface area contributed by atoms with Gasteiger partial charge in [-0.1, -0.05) is 11.2 Å². The zero-order valence-electron chi connectivity index (χ0n) is 9.71. The summed E-state index contributed by atoms with van der Waals surface area (Å²) >= 11 is 0. The second-order valence-corrected chi connectivity index (χ2v) is 5.36. The van der Waals surface area contributed by atoms with Crippen LogP contribution >= 0.6 is 0 Å². The molecule has 0 saturated heterocycles. The third-order valence-corrected chi connectivity index (χ3v) is 3.87. The Hall–Kier alpha value is -2.00. The average Bonchev–Trinajstić information content (AvgIpc) is 2.81. The fourth-order valence-electron chi connectivity index (χ4n) is 1.48. The number of hydrogen-bond acceptors (Lipinski definition) is 6. The molecule has 0 amide bonds. The maximum Gasteiger partial charge on any atom is 0.245 e. The van der Waals surface area contributed by atoms with Crippen LogP contribution in [0.3, 0.4) is 0 Å². The average molecular weight is 286 g/mol. The van der Waals surface area contributed by atoms with Crippen LogP contribution in [0.5, 0.6) is 0 Å². The Balaban J connectivity index is 2.10. The maximum atomic E-state index is 13.5. The van der Waals surface area contributed by atoms with Crippen LogP contribution in [0.4, 0.5) is 10.1 Å². The summed E-state index contributed by atoms with van der Waals surface area (Å²) in [5.41, 5.74) is 5.33. The fourth-order valence-corrected chi connectivity index (χ4v) is 2.70. The number of nitrogen functional groups attached to an aromatic ring is 1. The number of anilines is 1.